The SMILES string of the molecule is Brc1cncc(Br)c1.CCC[CH2][Sn]([CH2]CCC)([CH2]CCC)[c]1ccccn1.[Cl][Pd][Cl].c1ccc(-c2cncc(-c3ccccn3)c2)nc1.c1ccc(P(c2ccccc2)c2ccccc2)cc1.c1ccc(P(c2ccccc2)c2ccccc2)cc1. The van der Waals surface area contributed by atoms with Gasteiger partial charge in [0.1, 0.15) is 0 Å². The fraction of sp³-hybridized carbons (Fsp3) is 0.164. The van der Waals surface area contributed by atoms with Crippen LogP contribution in [0.5, 0.6) is 0 Å². The third-order valence-corrected chi connectivity index (χ3v) is 34.6. The molecule has 11 rings (SSSR count). The zero-order chi connectivity index (χ0) is 60.7. The summed E-state index contributed by atoms with van der Waals surface area (Å²) in [4.78, 5) is 21.6. The van der Waals surface area contributed by atoms with Crippen molar-refractivity contribution in [2.24, 2.45) is 0 Å². The van der Waals surface area contributed by atoms with Crippen LogP contribution in [-0.4, -0.2) is 43.3 Å². The number of nitrogens with zero attached hydrogens (tertiary/aromatic N) is 5. The Labute approximate surface area is 552 Å². The molecule has 444 valence electrons. The van der Waals surface area contributed by atoms with E-state index in [0.717, 1.165) is 31.5 Å². The van der Waals surface area contributed by atoms with Gasteiger partial charge in [-0.1, -0.05) is 194 Å². The number of hydrogen-bond donors (Lipinski definition) is 0. The summed E-state index contributed by atoms with van der Waals surface area (Å²) in [6, 6.07) is 86.9. The molecule has 0 aliphatic carbocycles. The summed E-state index contributed by atoms with van der Waals surface area (Å²) in [6.45, 7) is 6.98. The van der Waals surface area contributed by atoms with Crippen molar-refractivity contribution in [2.45, 2.75) is 72.6 Å². The second kappa shape index (κ2) is 42.0. The van der Waals surface area contributed by atoms with Gasteiger partial charge in [0.2, 0.25) is 0 Å². The molecule has 5 aromatic heterocycles. The third-order valence-electron chi connectivity index (χ3n) is 13.7. The zero-order valence-corrected chi connectivity index (χ0v) is 59.9. The molecule has 0 bridgehead atoms. The van der Waals surface area contributed by atoms with Crippen LogP contribution in [0.25, 0.3) is 22.5 Å². The topological polar surface area (TPSA) is 64.5 Å². The Morgan fingerprint density at radius 2 is 0.640 bits per heavy atom. The molecule has 5 nitrogen and oxygen atoms in total. The smallest absolute Gasteiger partial charge is 0.0717 e. The van der Waals surface area contributed by atoms with Crippen LogP contribution in [0.1, 0.15) is 59.3 Å². The second-order valence-electron chi connectivity index (χ2n) is 19.7. The van der Waals surface area contributed by atoms with E-state index in [1.807, 2.05) is 61.1 Å². The molecule has 5 heterocycles. The molecule has 0 saturated carbocycles. The average molecular weight is 1540 g/mol. The van der Waals surface area contributed by atoms with Crippen LogP contribution in [0, 0.1) is 0 Å². The van der Waals surface area contributed by atoms with Crippen LogP contribution in [0.2, 0.25) is 13.3 Å². The van der Waals surface area contributed by atoms with E-state index >= 15 is 0 Å². The number of aromatic nitrogens is 5. The zero-order valence-electron chi connectivity index (χ0n) is 49.0. The van der Waals surface area contributed by atoms with E-state index in [4.69, 9.17) is 24.0 Å². The van der Waals surface area contributed by atoms with E-state index in [1.54, 1.807) is 28.5 Å². The number of pyridine rings is 5. The minimum absolute atomic E-state index is 0.106. The van der Waals surface area contributed by atoms with Gasteiger partial charge in [0.25, 0.3) is 0 Å². The van der Waals surface area contributed by atoms with Gasteiger partial charge in [0.15, 0.2) is 0 Å². The summed E-state index contributed by atoms with van der Waals surface area (Å²) < 4.78 is 8.08. The van der Waals surface area contributed by atoms with Gasteiger partial charge in [-0.25, -0.2) is 0 Å². The van der Waals surface area contributed by atoms with Crippen molar-refractivity contribution in [1.82, 2.24) is 24.9 Å². The molecular weight excluding hydrogens is 1460 g/mol. The molecule has 0 spiro atoms. The van der Waals surface area contributed by atoms with E-state index in [2.05, 4.69) is 279 Å². The van der Waals surface area contributed by atoms with E-state index in [1.165, 1.54) is 83.7 Å². The number of benzene rings is 6. The van der Waals surface area contributed by atoms with Crippen molar-refractivity contribution in [2.75, 3.05) is 0 Å². The summed E-state index contributed by atoms with van der Waals surface area (Å²) in [5.41, 5.74) is 3.84. The van der Waals surface area contributed by atoms with Crippen molar-refractivity contribution in [1.29, 1.82) is 0 Å². The van der Waals surface area contributed by atoms with Crippen LogP contribution in [-0.2, 0) is 15.9 Å². The number of hydrogen-bond acceptors (Lipinski definition) is 5. The molecule has 86 heavy (non-hydrogen) atoms. The summed E-state index contributed by atoms with van der Waals surface area (Å²) in [5.74, 6) is 0. The Morgan fingerprint density at radius 1 is 0.360 bits per heavy atom. The van der Waals surface area contributed by atoms with E-state index in [9.17, 15) is 0 Å². The number of halogens is 4. The molecule has 6 aromatic carbocycles. The van der Waals surface area contributed by atoms with Crippen molar-refractivity contribution in [3.63, 3.8) is 0 Å². The van der Waals surface area contributed by atoms with Gasteiger partial charge in [0.05, 0.1) is 11.4 Å². The third kappa shape index (κ3) is 24.5. The molecular formula is C73H75Br2Cl2N5P2PdSn. The molecule has 0 aliphatic rings. The Hall–Kier alpha value is -5.07. The fourth-order valence-corrected chi connectivity index (χ4v) is 30.6. The first-order valence-electron chi connectivity index (χ1n) is 29.0. The maximum absolute atomic E-state index is 4.81. The average Bonchev–Trinajstić information content (AvgIpc) is 3.66. The molecule has 0 fully saturated rings. The summed E-state index contributed by atoms with van der Waals surface area (Å²) in [7, 11) is 8.74. The molecule has 13 heteroatoms. The van der Waals surface area contributed by atoms with Gasteiger partial charge >= 0.3 is 159 Å². The van der Waals surface area contributed by atoms with Gasteiger partial charge in [0, 0.05) is 57.3 Å². The molecule has 0 amide bonds. The van der Waals surface area contributed by atoms with Crippen LogP contribution in [0.15, 0.2) is 301 Å². The van der Waals surface area contributed by atoms with Gasteiger partial charge in [-0.15, -0.1) is 0 Å². The monoisotopic (exact) mass is 1540 g/mol. The first-order chi connectivity index (χ1) is 42.3. The predicted octanol–water partition coefficient (Wildman–Crippen LogP) is 19.2. The maximum atomic E-state index is 4.81. The van der Waals surface area contributed by atoms with Gasteiger partial charge in [-0.2, -0.15) is 0 Å². The Morgan fingerprint density at radius 3 is 0.884 bits per heavy atom. The summed E-state index contributed by atoms with van der Waals surface area (Å²) >= 11 is 4.23. The molecule has 0 unspecified atom stereocenters. The van der Waals surface area contributed by atoms with E-state index < -0.39 is 34.2 Å². The molecule has 0 aliphatic heterocycles. The van der Waals surface area contributed by atoms with Crippen LogP contribution < -0.4 is 35.5 Å². The van der Waals surface area contributed by atoms with Crippen LogP contribution >= 0.6 is 66.8 Å². The first-order valence-corrected chi connectivity index (χ1v) is 44.8. The predicted molar refractivity (Wildman–Crippen MR) is 381 cm³/mol. The standard InChI is InChI=1S/2C18H15P.C15H11N3.C5H3Br2N.C5H4N.3C4H9.2ClH.Pd.Sn/c2*1-4-10-16(11-5-1)19(17-12-6-2-7-13-17)18-14-8-3-9-15-18;1-3-7-17-14(5-1)12-9-13(11-16-10-12)15-6-2-4-8-18-15;6-4-1-5(7)3-8-2-4;1-2-4-6-5-3-1;3*1-3-4-2;;;;/h2*1-15H;1-11H;1-3H;1-4H;3*1,3-4H2,2H3;2*1H;;/q;;;;;;;;;;+2;/p-2. The van der Waals surface area contributed by atoms with Gasteiger partial charge < -0.3 is 0 Å². The quantitative estimate of drug-likeness (QED) is 0.0633. The van der Waals surface area contributed by atoms with Crippen molar-refractivity contribution in [3.8, 4) is 22.5 Å². The van der Waals surface area contributed by atoms with Gasteiger partial charge in [-0.3, -0.25) is 19.9 Å². The van der Waals surface area contributed by atoms with E-state index in [-0.39, 0.29) is 15.9 Å². The largest absolute Gasteiger partial charge is 0.263 e. The molecule has 0 N–H and O–H groups in total. The fourth-order valence-electron chi connectivity index (χ4n) is 9.51. The summed E-state index contributed by atoms with van der Waals surface area (Å²) in [6.07, 6.45) is 21.0. The Kier molecular flexibility index (Phi) is 34.2. The maximum Gasteiger partial charge on any atom is 0.0717 e. The minimum Gasteiger partial charge on any atom is -0.263 e. The van der Waals surface area contributed by atoms with Crippen LogP contribution in [0.3, 0.4) is 0 Å². The molecule has 11 aromatic rings. The Balaban J connectivity index is 0.000000173. The Bertz CT molecular complexity index is 3080. The number of unbranched alkanes of at least 4 members (excludes halogenated alkanes) is 3. The van der Waals surface area contributed by atoms with Crippen molar-refractivity contribution >= 4 is 121 Å². The van der Waals surface area contributed by atoms with Crippen molar-refractivity contribution in [3.05, 3.63) is 301 Å². The molecule has 0 atom stereocenters. The van der Waals surface area contributed by atoms with Crippen molar-refractivity contribution < 1.29 is 15.9 Å². The summed E-state index contributed by atoms with van der Waals surface area (Å²) in [5, 5.41) is 8.39. The minimum atomic E-state index is -2.21. The first kappa shape index (κ1) is 70.0. The normalized spacial score (nSPS) is 10.5. The van der Waals surface area contributed by atoms with Crippen LogP contribution in [0.4, 0.5) is 0 Å². The molecule has 0 radical (unpaired) electrons. The number of rotatable bonds is 18. The molecule has 0 saturated heterocycles. The van der Waals surface area contributed by atoms with E-state index in [0.29, 0.717) is 0 Å². The second-order valence-corrected chi connectivity index (χ2v) is 41.4. The van der Waals surface area contributed by atoms with Gasteiger partial charge in [-0.05, 0) is 116 Å².